The van der Waals surface area contributed by atoms with Crippen LogP contribution in [-0.2, 0) is 6.54 Å². The van der Waals surface area contributed by atoms with E-state index in [4.69, 9.17) is 5.41 Å². The lowest BCUT2D eigenvalue weighted by Gasteiger charge is -2.32. The number of nitrogens with zero attached hydrogens (tertiary/aromatic N) is 2. The van der Waals surface area contributed by atoms with E-state index in [0.29, 0.717) is 6.04 Å². The fraction of sp³-hybridized carbons (Fsp3) is 0.588. The van der Waals surface area contributed by atoms with Gasteiger partial charge in [-0.05, 0) is 30.2 Å². The van der Waals surface area contributed by atoms with Crippen molar-refractivity contribution < 1.29 is 0 Å². The minimum Gasteiger partial charge on any atom is -0.357 e. The molecule has 0 aromatic heterocycles. The highest BCUT2D eigenvalue weighted by Gasteiger charge is 2.58. The SMILES string of the molecule is N=C1CCCCN1C1C2CN(Cc3ccccc3)CC21. The van der Waals surface area contributed by atoms with Crippen molar-refractivity contribution >= 4 is 5.84 Å². The monoisotopic (exact) mass is 269 g/mol. The smallest absolute Gasteiger partial charge is 0.0960 e. The van der Waals surface area contributed by atoms with E-state index < -0.39 is 0 Å². The van der Waals surface area contributed by atoms with Crippen LogP contribution >= 0.6 is 0 Å². The average Bonchev–Trinajstić information content (AvgIpc) is 2.96. The molecule has 0 spiro atoms. The van der Waals surface area contributed by atoms with E-state index in [1.807, 2.05) is 0 Å². The van der Waals surface area contributed by atoms with Gasteiger partial charge >= 0.3 is 0 Å². The molecule has 3 fully saturated rings. The van der Waals surface area contributed by atoms with Gasteiger partial charge in [0, 0.05) is 38.6 Å². The normalized spacial score (nSPS) is 33.3. The summed E-state index contributed by atoms with van der Waals surface area (Å²) in [5, 5.41) is 8.14. The highest BCUT2D eigenvalue weighted by molar-refractivity contribution is 5.80. The molecule has 1 aliphatic carbocycles. The van der Waals surface area contributed by atoms with Crippen LogP contribution in [0.5, 0.6) is 0 Å². The fourth-order valence-electron chi connectivity index (χ4n) is 4.20. The second-order valence-electron chi connectivity index (χ2n) is 6.60. The van der Waals surface area contributed by atoms with Crippen LogP contribution in [0.1, 0.15) is 24.8 Å². The van der Waals surface area contributed by atoms with Crippen molar-refractivity contribution in [1.29, 1.82) is 5.41 Å². The first-order valence-electron chi connectivity index (χ1n) is 7.93. The Balaban J connectivity index is 1.34. The molecule has 1 aromatic carbocycles. The van der Waals surface area contributed by atoms with Crippen molar-refractivity contribution in [3.05, 3.63) is 35.9 Å². The first kappa shape index (κ1) is 12.4. The standard InChI is InChI=1S/C17H23N3/c18-16-8-4-5-9-20(16)17-14-11-19(12-15(14)17)10-13-6-2-1-3-7-13/h1-3,6-7,14-15,17-18H,4-5,8-12H2. The van der Waals surface area contributed by atoms with E-state index in [0.717, 1.165) is 37.2 Å². The van der Waals surface area contributed by atoms with E-state index in [1.54, 1.807) is 0 Å². The molecular weight excluding hydrogens is 246 g/mol. The average molecular weight is 269 g/mol. The van der Waals surface area contributed by atoms with Crippen molar-refractivity contribution in [3.63, 3.8) is 0 Å². The second kappa shape index (κ2) is 4.88. The molecule has 0 bridgehead atoms. The van der Waals surface area contributed by atoms with Gasteiger partial charge in [0.1, 0.15) is 0 Å². The number of hydrogen-bond donors (Lipinski definition) is 1. The molecule has 1 aromatic rings. The number of benzene rings is 1. The van der Waals surface area contributed by atoms with Gasteiger partial charge < -0.3 is 4.90 Å². The summed E-state index contributed by atoms with van der Waals surface area (Å²) in [6, 6.07) is 11.5. The molecule has 4 rings (SSSR count). The first-order valence-corrected chi connectivity index (χ1v) is 7.93. The molecule has 106 valence electrons. The van der Waals surface area contributed by atoms with Crippen LogP contribution in [0.2, 0.25) is 0 Å². The van der Waals surface area contributed by atoms with E-state index in [2.05, 4.69) is 40.1 Å². The summed E-state index contributed by atoms with van der Waals surface area (Å²) in [5.41, 5.74) is 1.43. The Bertz CT molecular complexity index is 486. The van der Waals surface area contributed by atoms with Crippen molar-refractivity contribution in [1.82, 2.24) is 9.80 Å². The summed E-state index contributed by atoms with van der Waals surface area (Å²) in [7, 11) is 0. The van der Waals surface area contributed by atoms with Gasteiger partial charge in [0.05, 0.1) is 5.84 Å². The zero-order chi connectivity index (χ0) is 13.5. The molecule has 2 unspecified atom stereocenters. The molecule has 3 nitrogen and oxygen atoms in total. The minimum absolute atomic E-state index is 0.704. The molecule has 2 atom stereocenters. The number of rotatable bonds is 3. The fourth-order valence-corrected chi connectivity index (χ4v) is 4.20. The van der Waals surface area contributed by atoms with Crippen LogP contribution in [0.4, 0.5) is 0 Å². The summed E-state index contributed by atoms with van der Waals surface area (Å²) >= 11 is 0. The Morgan fingerprint density at radius 2 is 1.80 bits per heavy atom. The predicted octanol–water partition coefficient (Wildman–Crippen LogP) is 2.58. The molecular formula is C17H23N3. The summed E-state index contributed by atoms with van der Waals surface area (Å²) in [5.74, 6) is 2.57. The van der Waals surface area contributed by atoms with Gasteiger partial charge in [0.2, 0.25) is 0 Å². The Labute approximate surface area is 121 Å². The van der Waals surface area contributed by atoms with Crippen LogP contribution in [-0.4, -0.2) is 41.3 Å². The molecule has 2 saturated heterocycles. The van der Waals surface area contributed by atoms with Crippen molar-refractivity contribution in [3.8, 4) is 0 Å². The summed E-state index contributed by atoms with van der Waals surface area (Å²) in [6.45, 7) is 4.69. The lowest BCUT2D eigenvalue weighted by atomic mass is 10.1. The Morgan fingerprint density at radius 1 is 1.05 bits per heavy atom. The van der Waals surface area contributed by atoms with Gasteiger partial charge in [-0.15, -0.1) is 0 Å². The van der Waals surface area contributed by atoms with Crippen molar-refractivity contribution in [2.24, 2.45) is 11.8 Å². The van der Waals surface area contributed by atoms with Crippen LogP contribution in [0.25, 0.3) is 0 Å². The summed E-state index contributed by atoms with van der Waals surface area (Å²) in [4.78, 5) is 5.01. The largest absolute Gasteiger partial charge is 0.357 e. The van der Waals surface area contributed by atoms with Crippen LogP contribution in [0.15, 0.2) is 30.3 Å². The quantitative estimate of drug-likeness (QED) is 0.914. The number of hydrogen-bond acceptors (Lipinski definition) is 2. The lowest BCUT2D eigenvalue weighted by molar-refractivity contribution is 0.240. The molecule has 1 saturated carbocycles. The van der Waals surface area contributed by atoms with Crippen molar-refractivity contribution in [2.45, 2.75) is 31.8 Å². The zero-order valence-electron chi connectivity index (χ0n) is 12.0. The molecule has 3 aliphatic rings. The highest BCUT2D eigenvalue weighted by atomic mass is 15.3. The Morgan fingerprint density at radius 3 is 2.50 bits per heavy atom. The van der Waals surface area contributed by atoms with Crippen molar-refractivity contribution in [2.75, 3.05) is 19.6 Å². The number of piperidine rings is 2. The maximum Gasteiger partial charge on any atom is 0.0960 e. The van der Waals surface area contributed by atoms with Gasteiger partial charge in [-0.2, -0.15) is 0 Å². The number of nitrogens with one attached hydrogen (secondary N) is 1. The third-order valence-electron chi connectivity index (χ3n) is 5.24. The Kier molecular flexibility index (Phi) is 3.03. The summed E-state index contributed by atoms with van der Waals surface area (Å²) in [6.07, 6.45) is 3.51. The number of amidine groups is 1. The van der Waals surface area contributed by atoms with Crippen LogP contribution in [0, 0.1) is 17.2 Å². The maximum absolute atomic E-state index is 8.14. The molecule has 2 heterocycles. The van der Waals surface area contributed by atoms with E-state index in [-0.39, 0.29) is 0 Å². The molecule has 3 heteroatoms. The maximum atomic E-state index is 8.14. The van der Waals surface area contributed by atoms with Gasteiger partial charge in [0.15, 0.2) is 0 Å². The van der Waals surface area contributed by atoms with E-state index in [1.165, 1.54) is 31.5 Å². The third-order valence-corrected chi connectivity index (χ3v) is 5.24. The second-order valence-corrected chi connectivity index (χ2v) is 6.60. The van der Waals surface area contributed by atoms with Gasteiger partial charge in [-0.1, -0.05) is 30.3 Å². The number of fused-ring (bicyclic) bond motifs is 1. The zero-order valence-corrected chi connectivity index (χ0v) is 12.0. The van der Waals surface area contributed by atoms with E-state index in [9.17, 15) is 0 Å². The molecule has 0 radical (unpaired) electrons. The minimum atomic E-state index is 0.704. The first-order chi connectivity index (χ1) is 9.83. The number of likely N-dealkylation sites (tertiary alicyclic amines) is 2. The Hall–Kier alpha value is -1.35. The highest BCUT2D eigenvalue weighted by Crippen LogP contribution is 2.50. The van der Waals surface area contributed by atoms with E-state index >= 15 is 0 Å². The van der Waals surface area contributed by atoms with Gasteiger partial charge in [-0.3, -0.25) is 10.3 Å². The van der Waals surface area contributed by atoms with Gasteiger partial charge in [-0.25, -0.2) is 0 Å². The van der Waals surface area contributed by atoms with Gasteiger partial charge in [0.25, 0.3) is 0 Å². The molecule has 1 N–H and O–H groups in total. The molecule has 2 aliphatic heterocycles. The van der Waals surface area contributed by atoms with Crippen LogP contribution < -0.4 is 0 Å². The predicted molar refractivity (Wildman–Crippen MR) is 80.8 cm³/mol. The molecule has 20 heavy (non-hydrogen) atoms. The molecule has 0 amide bonds. The van der Waals surface area contributed by atoms with Crippen LogP contribution in [0.3, 0.4) is 0 Å². The third kappa shape index (κ3) is 2.14. The summed E-state index contributed by atoms with van der Waals surface area (Å²) < 4.78 is 0. The lowest BCUT2D eigenvalue weighted by Crippen LogP contribution is -2.41. The topological polar surface area (TPSA) is 30.3 Å².